The zero-order chi connectivity index (χ0) is 15.1. The Morgan fingerprint density at radius 2 is 2.05 bits per heavy atom. The molecule has 3 N–H and O–H groups in total. The first kappa shape index (κ1) is 14.5. The third-order valence-corrected chi connectivity index (χ3v) is 3.38. The minimum atomic E-state index is -0.483. The minimum absolute atomic E-state index is 0.0960. The Morgan fingerprint density at radius 1 is 1.40 bits per heavy atom. The molecule has 0 bridgehead atoms. The first-order valence-corrected chi connectivity index (χ1v) is 6.38. The highest BCUT2D eigenvalue weighted by Gasteiger charge is 2.23. The second kappa shape index (κ2) is 4.88. The van der Waals surface area contributed by atoms with E-state index in [-0.39, 0.29) is 16.6 Å². The molecule has 0 unspecified atom stereocenters. The van der Waals surface area contributed by atoms with Crippen molar-refractivity contribution in [2.75, 3.05) is 5.43 Å². The van der Waals surface area contributed by atoms with Crippen LogP contribution in [0.15, 0.2) is 18.2 Å². The van der Waals surface area contributed by atoms with E-state index in [2.05, 4.69) is 10.4 Å². The van der Waals surface area contributed by atoms with E-state index in [1.54, 1.807) is 6.07 Å². The summed E-state index contributed by atoms with van der Waals surface area (Å²) in [6.45, 7) is 6.01. The number of pyridine rings is 1. The van der Waals surface area contributed by atoms with Gasteiger partial charge in [0.25, 0.3) is 5.69 Å². The van der Waals surface area contributed by atoms with Gasteiger partial charge in [-0.3, -0.25) is 10.1 Å². The summed E-state index contributed by atoms with van der Waals surface area (Å²) in [5, 5.41) is 12.0. The number of anilines is 1. The van der Waals surface area contributed by atoms with Gasteiger partial charge >= 0.3 is 0 Å². The zero-order valence-electron chi connectivity index (χ0n) is 11.4. The summed E-state index contributed by atoms with van der Waals surface area (Å²) in [4.78, 5) is 14.9. The molecule has 1 heterocycles. The van der Waals surface area contributed by atoms with Crippen LogP contribution in [0, 0.1) is 10.1 Å². The quantitative estimate of drug-likeness (QED) is 0.503. The number of halogens is 1. The molecule has 1 aromatic carbocycles. The van der Waals surface area contributed by atoms with Crippen molar-refractivity contribution in [2.45, 2.75) is 26.2 Å². The van der Waals surface area contributed by atoms with Crippen LogP contribution in [0.4, 0.5) is 11.5 Å². The second-order valence-electron chi connectivity index (χ2n) is 5.50. The minimum Gasteiger partial charge on any atom is -0.308 e. The van der Waals surface area contributed by atoms with Gasteiger partial charge in [-0.15, -0.1) is 0 Å². The van der Waals surface area contributed by atoms with Crippen LogP contribution in [0.5, 0.6) is 0 Å². The van der Waals surface area contributed by atoms with Gasteiger partial charge in [0, 0.05) is 17.0 Å². The van der Waals surface area contributed by atoms with Gasteiger partial charge in [0.2, 0.25) is 0 Å². The summed E-state index contributed by atoms with van der Waals surface area (Å²) in [5.74, 6) is 5.90. The third-order valence-electron chi connectivity index (χ3n) is 3.05. The number of hydrogen-bond acceptors (Lipinski definition) is 5. The molecule has 20 heavy (non-hydrogen) atoms. The van der Waals surface area contributed by atoms with Crippen molar-refractivity contribution in [3.05, 3.63) is 38.9 Å². The van der Waals surface area contributed by atoms with Crippen molar-refractivity contribution in [3.8, 4) is 0 Å². The lowest BCUT2D eigenvalue weighted by Crippen LogP contribution is -2.19. The average Bonchev–Trinajstić information content (AvgIpc) is 2.36. The summed E-state index contributed by atoms with van der Waals surface area (Å²) < 4.78 is 0. The maximum absolute atomic E-state index is 11.1. The normalized spacial score (nSPS) is 11.7. The summed E-state index contributed by atoms with van der Waals surface area (Å²) in [5.41, 5.74) is 3.25. The van der Waals surface area contributed by atoms with Gasteiger partial charge in [-0.2, -0.15) is 0 Å². The van der Waals surface area contributed by atoms with Gasteiger partial charge in [0.15, 0.2) is 5.52 Å². The second-order valence-corrected chi connectivity index (χ2v) is 5.91. The van der Waals surface area contributed by atoms with E-state index >= 15 is 0 Å². The maximum Gasteiger partial charge on any atom is 0.295 e. The lowest BCUT2D eigenvalue weighted by Gasteiger charge is -2.22. The van der Waals surface area contributed by atoms with E-state index < -0.39 is 4.92 Å². The molecule has 0 aliphatic carbocycles. The molecular formula is C13H15ClN4O2. The van der Waals surface area contributed by atoms with Crippen LogP contribution >= 0.6 is 11.6 Å². The monoisotopic (exact) mass is 294 g/mol. The number of rotatable bonds is 2. The van der Waals surface area contributed by atoms with E-state index in [9.17, 15) is 10.1 Å². The number of nitro groups is 1. The number of nitro benzene ring substituents is 1. The van der Waals surface area contributed by atoms with E-state index in [1.165, 1.54) is 12.1 Å². The summed E-state index contributed by atoms with van der Waals surface area (Å²) in [6, 6.07) is 4.65. The molecule has 0 saturated carbocycles. The highest BCUT2D eigenvalue weighted by molar-refractivity contribution is 6.35. The van der Waals surface area contributed by atoms with Gasteiger partial charge in [-0.05, 0) is 17.5 Å². The Labute approximate surface area is 121 Å². The summed E-state index contributed by atoms with van der Waals surface area (Å²) in [6.07, 6.45) is 0. The van der Waals surface area contributed by atoms with E-state index in [0.29, 0.717) is 16.2 Å². The standard InChI is InChI=1S/C13H15ClN4O2/c1-13(2,3)8-6-7-9(14)4-5-10(18(19)20)11(7)16-12(8)17-15/h4-6H,15H2,1-3H3,(H,16,17). The Kier molecular flexibility index (Phi) is 3.54. The highest BCUT2D eigenvalue weighted by atomic mass is 35.5. The molecule has 0 amide bonds. The first-order valence-electron chi connectivity index (χ1n) is 6.00. The number of hydrogen-bond donors (Lipinski definition) is 2. The van der Waals surface area contributed by atoms with Crippen LogP contribution in [0.25, 0.3) is 10.9 Å². The van der Waals surface area contributed by atoms with Crippen molar-refractivity contribution in [2.24, 2.45) is 5.84 Å². The molecule has 7 heteroatoms. The lowest BCUT2D eigenvalue weighted by atomic mass is 9.86. The number of nitrogens with two attached hydrogens (primary N) is 1. The molecule has 6 nitrogen and oxygen atoms in total. The molecule has 2 aromatic rings. The first-order chi connectivity index (χ1) is 9.25. The van der Waals surface area contributed by atoms with Crippen LogP contribution in [-0.4, -0.2) is 9.91 Å². The smallest absolute Gasteiger partial charge is 0.295 e. The molecule has 2 rings (SSSR count). The number of nitrogen functional groups attached to an aromatic ring is 1. The predicted molar refractivity (Wildman–Crippen MR) is 79.9 cm³/mol. The number of non-ortho nitro benzene ring substituents is 1. The Hall–Kier alpha value is -1.92. The topological polar surface area (TPSA) is 94.1 Å². The van der Waals surface area contributed by atoms with Gasteiger partial charge in [0.05, 0.1) is 9.95 Å². The van der Waals surface area contributed by atoms with Crippen molar-refractivity contribution in [1.29, 1.82) is 0 Å². The predicted octanol–water partition coefficient (Wildman–Crippen LogP) is 3.38. The Morgan fingerprint density at radius 3 is 2.55 bits per heavy atom. The molecule has 0 atom stereocenters. The van der Waals surface area contributed by atoms with Crippen molar-refractivity contribution in [3.63, 3.8) is 0 Å². The van der Waals surface area contributed by atoms with Gasteiger partial charge in [-0.25, -0.2) is 10.8 Å². The van der Waals surface area contributed by atoms with E-state index in [0.717, 1.165) is 5.56 Å². The average molecular weight is 295 g/mol. The molecule has 1 aromatic heterocycles. The molecule has 0 spiro atoms. The third kappa shape index (κ3) is 2.39. The fourth-order valence-electron chi connectivity index (χ4n) is 2.04. The lowest BCUT2D eigenvalue weighted by molar-refractivity contribution is -0.383. The summed E-state index contributed by atoms with van der Waals surface area (Å²) in [7, 11) is 0. The Bertz CT molecular complexity index is 695. The fourth-order valence-corrected chi connectivity index (χ4v) is 2.25. The van der Waals surface area contributed by atoms with Crippen LogP contribution in [-0.2, 0) is 5.41 Å². The fraction of sp³-hybridized carbons (Fsp3) is 0.308. The van der Waals surface area contributed by atoms with Crippen molar-refractivity contribution < 1.29 is 4.92 Å². The molecule has 0 aliphatic heterocycles. The number of hydrazine groups is 1. The SMILES string of the molecule is CC(C)(C)c1cc2c(Cl)ccc([N+](=O)[O-])c2nc1NN. The number of nitrogens with zero attached hydrogens (tertiary/aromatic N) is 2. The molecule has 106 valence electrons. The molecule has 0 saturated heterocycles. The molecule has 0 fully saturated rings. The number of nitrogens with one attached hydrogen (secondary N) is 1. The Balaban J connectivity index is 2.90. The number of benzene rings is 1. The maximum atomic E-state index is 11.1. The van der Waals surface area contributed by atoms with Gasteiger partial charge < -0.3 is 5.43 Å². The summed E-state index contributed by atoms with van der Waals surface area (Å²) >= 11 is 6.14. The van der Waals surface area contributed by atoms with Crippen LogP contribution in [0.1, 0.15) is 26.3 Å². The van der Waals surface area contributed by atoms with Crippen molar-refractivity contribution >= 4 is 34.0 Å². The van der Waals surface area contributed by atoms with Gasteiger partial charge in [-0.1, -0.05) is 32.4 Å². The molecule has 0 radical (unpaired) electrons. The van der Waals surface area contributed by atoms with Crippen molar-refractivity contribution in [1.82, 2.24) is 4.98 Å². The molecule has 0 aliphatic rings. The van der Waals surface area contributed by atoms with E-state index in [4.69, 9.17) is 17.4 Å². The largest absolute Gasteiger partial charge is 0.308 e. The highest BCUT2D eigenvalue weighted by Crippen LogP contribution is 2.36. The molecular weight excluding hydrogens is 280 g/mol. The van der Waals surface area contributed by atoms with Crippen LogP contribution < -0.4 is 11.3 Å². The van der Waals surface area contributed by atoms with Crippen LogP contribution in [0.3, 0.4) is 0 Å². The van der Waals surface area contributed by atoms with Crippen LogP contribution in [0.2, 0.25) is 5.02 Å². The zero-order valence-corrected chi connectivity index (χ0v) is 12.2. The van der Waals surface area contributed by atoms with Gasteiger partial charge in [0.1, 0.15) is 5.82 Å². The number of aromatic nitrogens is 1. The van der Waals surface area contributed by atoms with E-state index in [1.807, 2.05) is 20.8 Å². The number of fused-ring (bicyclic) bond motifs is 1.